The van der Waals surface area contributed by atoms with E-state index in [0.29, 0.717) is 18.8 Å². The fourth-order valence-electron chi connectivity index (χ4n) is 3.80. The van der Waals surface area contributed by atoms with E-state index in [1.54, 1.807) is 23.5 Å². The number of amides is 1. The molecule has 0 saturated carbocycles. The van der Waals surface area contributed by atoms with Gasteiger partial charge in [0.2, 0.25) is 5.91 Å². The van der Waals surface area contributed by atoms with Crippen LogP contribution >= 0.6 is 11.3 Å². The highest BCUT2D eigenvalue weighted by molar-refractivity contribution is 7.07. The first kappa shape index (κ1) is 24.1. The number of carbonyl (C=O) groups excluding carboxylic acids is 1. The minimum atomic E-state index is -0.286. The van der Waals surface area contributed by atoms with E-state index in [2.05, 4.69) is 44.4 Å². The van der Waals surface area contributed by atoms with Crippen LogP contribution in [0.3, 0.4) is 0 Å². The zero-order valence-corrected chi connectivity index (χ0v) is 20.0. The van der Waals surface area contributed by atoms with Crippen LogP contribution in [0.1, 0.15) is 6.42 Å². The van der Waals surface area contributed by atoms with E-state index in [1.807, 2.05) is 0 Å². The Balaban J connectivity index is 1.57. The minimum Gasteiger partial charge on any atom is -0.378 e. The summed E-state index contributed by atoms with van der Waals surface area (Å²) in [5, 5.41) is 4.96. The highest BCUT2D eigenvalue weighted by atomic mass is 32.1. The molecule has 1 aromatic heterocycles. The molecule has 0 spiro atoms. The number of thiazole rings is 1. The molecule has 2 heterocycles. The summed E-state index contributed by atoms with van der Waals surface area (Å²) in [6, 6.07) is 14.7. The maximum absolute atomic E-state index is 13.3. The van der Waals surface area contributed by atoms with Crippen molar-refractivity contribution in [3.05, 3.63) is 64.5 Å². The molecular weight excluding hydrogens is 455 g/mol. The molecule has 9 heteroatoms. The highest BCUT2D eigenvalue weighted by Gasteiger charge is 2.13. The highest BCUT2D eigenvalue weighted by Crippen LogP contribution is 2.25. The van der Waals surface area contributed by atoms with Crippen LogP contribution in [0, 0.1) is 5.82 Å². The third-order valence-electron chi connectivity index (χ3n) is 5.54. The average molecular weight is 485 g/mol. The van der Waals surface area contributed by atoms with Crippen LogP contribution in [-0.2, 0) is 20.8 Å². The van der Waals surface area contributed by atoms with Crippen molar-refractivity contribution in [3.63, 3.8) is 0 Å². The third kappa shape index (κ3) is 6.31. The fraction of sp³-hybridized carbons (Fsp3) is 0.360. The summed E-state index contributed by atoms with van der Waals surface area (Å²) in [4.78, 5) is 19.6. The van der Waals surface area contributed by atoms with Gasteiger partial charge in [0, 0.05) is 44.4 Å². The Kier molecular flexibility index (Phi) is 8.46. The summed E-state index contributed by atoms with van der Waals surface area (Å²) >= 11 is 1.54. The van der Waals surface area contributed by atoms with Crippen molar-refractivity contribution in [2.24, 2.45) is 4.99 Å². The SMILES string of the molecule is COCC(=O)NCCCn1c(-c2ccc(N3CCOCC3)cc2)cs/c1=N\c1ccc(F)cc1. The number of methoxy groups -OCH3 is 1. The first-order valence-electron chi connectivity index (χ1n) is 11.3. The molecule has 4 rings (SSSR count). The Morgan fingerprint density at radius 1 is 1.15 bits per heavy atom. The van der Waals surface area contributed by atoms with Gasteiger partial charge in [-0.25, -0.2) is 9.38 Å². The molecule has 0 bridgehead atoms. The van der Waals surface area contributed by atoms with Crippen LogP contribution in [0.15, 0.2) is 58.9 Å². The maximum atomic E-state index is 13.3. The van der Waals surface area contributed by atoms with Gasteiger partial charge in [0.25, 0.3) is 0 Å². The van der Waals surface area contributed by atoms with E-state index in [1.165, 1.54) is 24.9 Å². The monoisotopic (exact) mass is 484 g/mol. The van der Waals surface area contributed by atoms with Crippen LogP contribution < -0.4 is 15.0 Å². The van der Waals surface area contributed by atoms with Gasteiger partial charge >= 0.3 is 0 Å². The van der Waals surface area contributed by atoms with Crippen LogP contribution in [0.2, 0.25) is 0 Å². The second-order valence-electron chi connectivity index (χ2n) is 7.93. The van der Waals surface area contributed by atoms with Crippen molar-refractivity contribution in [1.82, 2.24) is 9.88 Å². The number of hydrogen-bond acceptors (Lipinski definition) is 6. The molecule has 180 valence electrons. The lowest BCUT2D eigenvalue weighted by Gasteiger charge is -2.28. The maximum Gasteiger partial charge on any atom is 0.245 e. The molecule has 0 unspecified atom stereocenters. The fourth-order valence-corrected chi connectivity index (χ4v) is 4.76. The van der Waals surface area contributed by atoms with Gasteiger partial charge in [0.1, 0.15) is 12.4 Å². The van der Waals surface area contributed by atoms with Gasteiger partial charge in [0.15, 0.2) is 4.80 Å². The number of hydrogen-bond donors (Lipinski definition) is 1. The zero-order chi connectivity index (χ0) is 23.8. The molecule has 34 heavy (non-hydrogen) atoms. The van der Waals surface area contributed by atoms with Crippen molar-refractivity contribution in [3.8, 4) is 11.3 Å². The van der Waals surface area contributed by atoms with E-state index in [-0.39, 0.29) is 18.3 Å². The molecule has 1 aliphatic heterocycles. The number of halogens is 1. The number of ether oxygens (including phenoxy) is 2. The summed E-state index contributed by atoms with van der Waals surface area (Å²) in [6.07, 6.45) is 0.738. The summed E-state index contributed by atoms with van der Waals surface area (Å²) in [6.45, 7) is 4.56. The van der Waals surface area contributed by atoms with Crippen molar-refractivity contribution in [2.45, 2.75) is 13.0 Å². The molecule has 1 fully saturated rings. The number of nitrogens with zero attached hydrogens (tertiary/aromatic N) is 3. The second kappa shape index (κ2) is 11.9. The van der Waals surface area contributed by atoms with Crippen LogP contribution in [0.25, 0.3) is 11.3 Å². The van der Waals surface area contributed by atoms with E-state index >= 15 is 0 Å². The molecule has 1 saturated heterocycles. The van der Waals surface area contributed by atoms with Crippen LogP contribution in [0.4, 0.5) is 15.8 Å². The van der Waals surface area contributed by atoms with Crippen molar-refractivity contribution in [2.75, 3.05) is 51.5 Å². The molecule has 7 nitrogen and oxygen atoms in total. The van der Waals surface area contributed by atoms with Crippen molar-refractivity contribution >= 4 is 28.6 Å². The topological polar surface area (TPSA) is 68.1 Å². The predicted molar refractivity (Wildman–Crippen MR) is 132 cm³/mol. The average Bonchev–Trinajstić information content (AvgIpc) is 3.26. The standard InChI is InChI=1S/C25H29FN4O3S/c1-32-17-24(31)27-11-2-12-30-23(18-34-25(30)28-21-7-5-20(26)6-8-21)19-3-9-22(10-4-19)29-13-15-33-16-14-29/h3-10,18H,2,11-17H2,1H3,(H,27,31)/b28-25-. The van der Waals surface area contributed by atoms with Gasteiger partial charge < -0.3 is 24.3 Å². The molecule has 1 N–H and O–H groups in total. The number of benzene rings is 2. The Labute approximate surface area is 202 Å². The van der Waals surface area contributed by atoms with E-state index in [4.69, 9.17) is 14.5 Å². The minimum absolute atomic E-state index is 0.0531. The first-order valence-corrected chi connectivity index (χ1v) is 12.2. The van der Waals surface area contributed by atoms with Crippen LogP contribution in [-0.4, -0.2) is 57.0 Å². The van der Waals surface area contributed by atoms with E-state index in [0.717, 1.165) is 48.8 Å². The molecule has 1 amide bonds. The zero-order valence-electron chi connectivity index (χ0n) is 19.2. The third-order valence-corrected chi connectivity index (χ3v) is 6.41. The van der Waals surface area contributed by atoms with Crippen molar-refractivity contribution < 1.29 is 18.7 Å². The normalized spacial score (nSPS) is 14.4. The number of morpholine rings is 1. The summed E-state index contributed by atoms with van der Waals surface area (Å²) in [5.74, 6) is -0.418. The molecule has 0 atom stereocenters. The number of rotatable bonds is 9. The van der Waals surface area contributed by atoms with Gasteiger partial charge in [-0.2, -0.15) is 0 Å². The van der Waals surface area contributed by atoms with Gasteiger partial charge in [-0.05, 0) is 48.4 Å². The molecule has 0 radical (unpaired) electrons. The molecule has 3 aromatic rings. The van der Waals surface area contributed by atoms with E-state index < -0.39 is 0 Å². The van der Waals surface area contributed by atoms with E-state index in [9.17, 15) is 9.18 Å². The molecule has 0 aliphatic carbocycles. The smallest absolute Gasteiger partial charge is 0.245 e. The van der Waals surface area contributed by atoms with Gasteiger partial charge in [0.05, 0.1) is 24.6 Å². The molecule has 1 aliphatic rings. The Bertz CT molecular complexity index is 1140. The Morgan fingerprint density at radius 3 is 2.59 bits per heavy atom. The number of aromatic nitrogens is 1. The quantitative estimate of drug-likeness (QED) is 0.472. The van der Waals surface area contributed by atoms with Crippen LogP contribution in [0.5, 0.6) is 0 Å². The second-order valence-corrected chi connectivity index (χ2v) is 8.76. The summed E-state index contributed by atoms with van der Waals surface area (Å²) in [5.41, 5.74) is 4.03. The Morgan fingerprint density at radius 2 is 1.88 bits per heavy atom. The number of carbonyl (C=O) groups is 1. The lowest BCUT2D eigenvalue weighted by Crippen LogP contribution is -2.36. The lowest BCUT2D eigenvalue weighted by atomic mass is 10.1. The van der Waals surface area contributed by atoms with Crippen molar-refractivity contribution in [1.29, 1.82) is 0 Å². The predicted octanol–water partition coefficient (Wildman–Crippen LogP) is 3.58. The van der Waals surface area contributed by atoms with Gasteiger partial charge in [-0.15, -0.1) is 11.3 Å². The first-order chi connectivity index (χ1) is 16.6. The largest absolute Gasteiger partial charge is 0.378 e. The summed E-state index contributed by atoms with van der Waals surface area (Å²) < 4.78 is 25.8. The number of anilines is 1. The summed E-state index contributed by atoms with van der Waals surface area (Å²) in [7, 11) is 1.50. The lowest BCUT2D eigenvalue weighted by molar-refractivity contribution is -0.124. The van der Waals surface area contributed by atoms with Gasteiger partial charge in [-0.1, -0.05) is 12.1 Å². The van der Waals surface area contributed by atoms with Gasteiger partial charge in [-0.3, -0.25) is 4.79 Å². The molecule has 2 aromatic carbocycles. The Hall–Kier alpha value is -3.01. The number of nitrogens with one attached hydrogen (secondary N) is 1. The molecular formula is C25H29FN4O3S.